The maximum atomic E-state index is 10.7. The number of unbranched alkanes of at least 4 members (excludes halogenated alkanes) is 12. The van der Waals surface area contributed by atoms with E-state index in [-0.39, 0.29) is 0 Å². The summed E-state index contributed by atoms with van der Waals surface area (Å²) in [7, 11) is -9.93. The molecule has 12 heteroatoms. The van der Waals surface area contributed by atoms with Crippen molar-refractivity contribution in [3.8, 4) is 0 Å². The van der Waals surface area contributed by atoms with Gasteiger partial charge in [-0.1, -0.05) is 79.1 Å². The Bertz CT molecular complexity index is 895. The van der Waals surface area contributed by atoms with E-state index < -0.39 is 41.4 Å². The molecule has 0 atom stereocenters. The molecule has 0 aliphatic rings. The van der Waals surface area contributed by atoms with Crippen LogP contribution in [-0.2, 0) is 20.2 Å². The quantitative estimate of drug-likeness (QED) is 0.0826. The number of nitrogen functional groups attached to an aromatic ring is 2. The number of anilines is 2. The highest BCUT2D eigenvalue weighted by Gasteiger charge is 2.14. The van der Waals surface area contributed by atoms with Gasteiger partial charge in [0.2, 0.25) is 0 Å². The summed E-state index contributed by atoms with van der Waals surface area (Å²) in [5.74, 6) is 0. The van der Waals surface area contributed by atoms with Gasteiger partial charge in [0.1, 0.15) is 20.2 Å². The Labute approximate surface area is 257 Å². The van der Waals surface area contributed by atoms with Gasteiger partial charge < -0.3 is 31.2 Å². The molecule has 0 radical (unpaired) electrons. The molecule has 0 unspecified atom stereocenters. The third kappa shape index (κ3) is 25.1. The fraction of sp³-hybridized carbons (Fsp3) is 0.800. The molecule has 0 saturated carbocycles. The zero-order chi connectivity index (χ0) is 32.3. The van der Waals surface area contributed by atoms with Gasteiger partial charge in [0.25, 0.3) is 0 Å². The van der Waals surface area contributed by atoms with E-state index in [1.165, 1.54) is 129 Å². The Morgan fingerprint density at radius 1 is 0.500 bits per heavy atom. The van der Waals surface area contributed by atoms with Crippen LogP contribution in [0.3, 0.4) is 0 Å². The lowest BCUT2D eigenvalue weighted by molar-refractivity contribution is -0.655. The van der Waals surface area contributed by atoms with E-state index in [0.717, 1.165) is 6.07 Å². The summed E-state index contributed by atoms with van der Waals surface area (Å²) in [5.41, 5.74) is 9.30. The highest BCUT2D eigenvalue weighted by atomic mass is 32.2. The van der Waals surface area contributed by atoms with Crippen molar-refractivity contribution in [1.82, 2.24) is 0 Å². The molecule has 0 saturated heterocycles. The van der Waals surface area contributed by atoms with Gasteiger partial charge in [-0.05, 0) is 63.5 Å². The van der Waals surface area contributed by atoms with Gasteiger partial charge >= 0.3 is 0 Å². The molecule has 0 bridgehead atoms. The average Bonchev–Trinajstić information content (AvgIpc) is 2.90. The van der Waals surface area contributed by atoms with Crippen LogP contribution >= 0.6 is 0 Å². The molecule has 0 heterocycles. The topological polar surface area (TPSA) is 200 Å². The van der Waals surface area contributed by atoms with Crippen molar-refractivity contribution < 1.29 is 36.6 Å². The maximum Gasteiger partial charge on any atom is 0.126 e. The van der Waals surface area contributed by atoms with Gasteiger partial charge in [-0.3, -0.25) is 0 Å². The standard InChI is InChI=1S/2C12H27N.C6H8N2O6S2/c2*1-3-5-7-9-11-13-12-10-8-6-4-2;7-3-1-4(8)6(16(12,13)14)2-5(3)15(9,10)11/h2*13H,3-12H2,1-2H3;1-2H,7-8H2,(H,9,10,11)(H,12,13,14). The summed E-state index contributed by atoms with van der Waals surface area (Å²) in [5, 5.41) is 4.98. The number of nitrogens with two attached hydrogens (primary N) is 4. The summed E-state index contributed by atoms with van der Waals surface area (Å²) in [6.07, 6.45) is 22.5. The molecule has 0 spiro atoms. The Kier molecular flexibility index (Phi) is 27.6. The first kappa shape index (κ1) is 42.7. The van der Waals surface area contributed by atoms with Gasteiger partial charge in [-0.15, -0.1) is 0 Å². The van der Waals surface area contributed by atoms with Crippen LogP contribution < -0.4 is 22.1 Å². The lowest BCUT2D eigenvalue weighted by Gasteiger charge is -2.15. The Morgan fingerprint density at radius 3 is 0.976 bits per heavy atom. The molecule has 0 aliphatic heterocycles. The van der Waals surface area contributed by atoms with Crippen LogP contribution in [0.4, 0.5) is 11.4 Å². The zero-order valence-electron chi connectivity index (χ0n) is 26.9. The third-order valence-corrected chi connectivity index (χ3v) is 8.51. The van der Waals surface area contributed by atoms with Crippen molar-refractivity contribution in [3.63, 3.8) is 0 Å². The van der Waals surface area contributed by atoms with Crippen molar-refractivity contribution in [3.05, 3.63) is 12.1 Å². The fourth-order valence-corrected chi connectivity index (χ4v) is 5.47. The first-order valence-electron chi connectivity index (χ1n) is 16.1. The van der Waals surface area contributed by atoms with E-state index in [1.807, 2.05) is 0 Å². The largest absolute Gasteiger partial charge is 0.744 e. The molecule has 1 rings (SSSR count). The molecule has 1 aromatic rings. The molecule has 250 valence electrons. The van der Waals surface area contributed by atoms with Crippen LogP contribution in [0.15, 0.2) is 21.9 Å². The molecular formula is C30H62N4O6S2. The highest BCUT2D eigenvalue weighted by Crippen LogP contribution is 2.27. The minimum Gasteiger partial charge on any atom is -0.744 e. The second kappa shape index (κ2) is 27.1. The number of hydrogen-bond donors (Lipinski definition) is 4. The van der Waals surface area contributed by atoms with Gasteiger partial charge in [0.05, 0.1) is 47.3 Å². The second-order valence-corrected chi connectivity index (χ2v) is 13.5. The van der Waals surface area contributed by atoms with Crippen molar-refractivity contribution in [1.29, 1.82) is 0 Å². The van der Waals surface area contributed by atoms with Gasteiger partial charge in [-0.2, -0.15) is 0 Å². The lowest BCUT2D eigenvalue weighted by Crippen LogP contribution is -2.84. The van der Waals surface area contributed by atoms with E-state index >= 15 is 0 Å². The average molecular weight is 639 g/mol. The number of quaternary nitrogens is 2. The molecular weight excluding hydrogens is 576 g/mol. The second-order valence-electron chi connectivity index (χ2n) is 10.8. The van der Waals surface area contributed by atoms with Crippen LogP contribution in [0.5, 0.6) is 0 Å². The summed E-state index contributed by atoms with van der Waals surface area (Å²) in [4.78, 5) is -1.98. The first-order chi connectivity index (χ1) is 19.9. The van der Waals surface area contributed by atoms with E-state index in [9.17, 15) is 25.9 Å². The Morgan fingerprint density at radius 2 is 0.762 bits per heavy atom. The van der Waals surface area contributed by atoms with Gasteiger partial charge in [0, 0.05) is 0 Å². The normalized spacial score (nSPS) is 11.4. The van der Waals surface area contributed by atoms with E-state index in [1.54, 1.807) is 0 Å². The van der Waals surface area contributed by atoms with E-state index in [2.05, 4.69) is 38.3 Å². The van der Waals surface area contributed by atoms with Crippen LogP contribution in [0, 0.1) is 0 Å². The zero-order valence-corrected chi connectivity index (χ0v) is 28.5. The predicted molar refractivity (Wildman–Crippen MR) is 171 cm³/mol. The lowest BCUT2D eigenvalue weighted by atomic mass is 10.2. The molecule has 0 fully saturated rings. The molecule has 0 aliphatic carbocycles. The van der Waals surface area contributed by atoms with E-state index in [0.29, 0.717) is 6.07 Å². The smallest absolute Gasteiger partial charge is 0.126 e. The third-order valence-electron chi connectivity index (χ3n) is 6.73. The summed E-state index contributed by atoms with van der Waals surface area (Å²) >= 11 is 0. The van der Waals surface area contributed by atoms with Crippen molar-refractivity contribution in [2.75, 3.05) is 37.6 Å². The number of rotatable bonds is 22. The minimum absolute atomic E-state index is 0.356. The molecule has 8 N–H and O–H groups in total. The SMILES string of the molecule is CCCCCC[NH2+]CCCCCC.CCCCCC[NH2+]CCCCCC.Nc1cc(N)c(S(=O)(=O)[O-])cc1S(=O)(=O)[O-]. The van der Waals surface area contributed by atoms with Crippen molar-refractivity contribution in [2.45, 2.75) is 140 Å². The van der Waals surface area contributed by atoms with Crippen LogP contribution in [0.25, 0.3) is 0 Å². The highest BCUT2D eigenvalue weighted by molar-refractivity contribution is 7.86. The predicted octanol–water partition coefficient (Wildman–Crippen LogP) is 4.08. The van der Waals surface area contributed by atoms with Crippen molar-refractivity contribution >= 4 is 31.6 Å². The molecule has 42 heavy (non-hydrogen) atoms. The van der Waals surface area contributed by atoms with Crippen LogP contribution in [0.1, 0.15) is 130 Å². The van der Waals surface area contributed by atoms with Crippen molar-refractivity contribution in [2.24, 2.45) is 0 Å². The fourth-order valence-electron chi connectivity index (χ4n) is 4.18. The molecule has 0 amide bonds. The summed E-state index contributed by atoms with van der Waals surface area (Å²) in [6.45, 7) is 14.5. The summed E-state index contributed by atoms with van der Waals surface area (Å²) < 4.78 is 64.0. The summed E-state index contributed by atoms with van der Waals surface area (Å²) in [6, 6.07) is 1.09. The number of benzene rings is 1. The molecule has 10 nitrogen and oxygen atoms in total. The van der Waals surface area contributed by atoms with Crippen LogP contribution in [-0.4, -0.2) is 52.1 Å². The molecule has 0 aromatic heterocycles. The maximum absolute atomic E-state index is 10.7. The molecule has 1 aromatic carbocycles. The Balaban J connectivity index is 0. The Hall–Kier alpha value is -1.44. The minimum atomic E-state index is -4.97. The van der Waals surface area contributed by atoms with Gasteiger partial charge in [-0.25, -0.2) is 16.8 Å². The first-order valence-corrected chi connectivity index (χ1v) is 18.9. The van der Waals surface area contributed by atoms with Gasteiger partial charge in [0.15, 0.2) is 0 Å². The number of hydrogen-bond acceptors (Lipinski definition) is 8. The van der Waals surface area contributed by atoms with E-state index in [4.69, 9.17) is 11.5 Å². The van der Waals surface area contributed by atoms with Crippen LogP contribution in [0.2, 0.25) is 0 Å². The monoisotopic (exact) mass is 638 g/mol.